The third-order valence-electron chi connectivity index (χ3n) is 3.27. The average Bonchev–Trinajstić information content (AvgIpc) is 2.29. The van der Waals surface area contributed by atoms with Crippen molar-refractivity contribution in [1.29, 1.82) is 0 Å². The highest BCUT2D eigenvalue weighted by Gasteiger charge is 2.12. The lowest BCUT2D eigenvalue weighted by Gasteiger charge is -2.22. The molecule has 1 aromatic carbocycles. The smallest absolute Gasteiger partial charge is 0.0477 e. The Labute approximate surface area is 104 Å². The molecule has 2 heteroatoms. The molecule has 0 aromatic heterocycles. The van der Waals surface area contributed by atoms with Gasteiger partial charge in [0.15, 0.2) is 0 Å². The molecule has 0 aliphatic carbocycles. The largest absolute Gasteiger partial charge is 0.301 e. The van der Waals surface area contributed by atoms with Crippen LogP contribution in [-0.4, -0.2) is 24.9 Å². The van der Waals surface area contributed by atoms with E-state index in [1.165, 1.54) is 17.5 Å². The Hall–Kier alpha value is -0.530. The number of hydrogen-bond donors (Lipinski definition) is 0. The first-order valence-corrected chi connectivity index (χ1v) is 6.45. The lowest BCUT2D eigenvalue weighted by Crippen LogP contribution is -2.21. The quantitative estimate of drug-likeness (QED) is 0.701. The minimum absolute atomic E-state index is 0.313. The second kappa shape index (κ2) is 6.27. The lowest BCUT2D eigenvalue weighted by atomic mass is 9.96. The summed E-state index contributed by atoms with van der Waals surface area (Å²) in [5.74, 6) is 1.28. The van der Waals surface area contributed by atoms with Gasteiger partial charge in [0.2, 0.25) is 0 Å². The fraction of sp³-hybridized carbons (Fsp3) is 0.571. The molecule has 0 spiro atoms. The van der Waals surface area contributed by atoms with Gasteiger partial charge in [0, 0.05) is 11.9 Å². The highest BCUT2D eigenvalue weighted by molar-refractivity contribution is 6.18. The molecule has 1 rings (SSSR count). The van der Waals surface area contributed by atoms with Crippen molar-refractivity contribution >= 4 is 11.6 Å². The molecule has 2 unspecified atom stereocenters. The number of nitrogens with zero attached hydrogens (tertiary/aromatic N) is 1. The first-order chi connectivity index (χ1) is 7.60. The van der Waals surface area contributed by atoms with E-state index in [0.717, 1.165) is 0 Å². The van der Waals surface area contributed by atoms with E-state index in [2.05, 4.69) is 57.1 Å². The summed E-state index contributed by atoms with van der Waals surface area (Å²) in [6.07, 6.45) is 1.19. The molecule has 0 aliphatic heterocycles. The first-order valence-electron chi connectivity index (χ1n) is 5.92. The summed E-state index contributed by atoms with van der Waals surface area (Å²) < 4.78 is 0. The van der Waals surface area contributed by atoms with Crippen LogP contribution in [0.15, 0.2) is 24.3 Å². The zero-order chi connectivity index (χ0) is 12.1. The second-order valence-electron chi connectivity index (χ2n) is 4.61. The summed E-state index contributed by atoms with van der Waals surface area (Å²) in [6, 6.07) is 9.18. The maximum atomic E-state index is 5.99. The van der Waals surface area contributed by atoms with Gasteiger partial charge in [-0.3, -0.25) is 0 Å². The SMILES string of the molecule is CCC(C)c1ccc(C(CCl)N(C)C)cc1. The van der Waals surface area contributed by atoms with Gasteiger partial charge in [-0.05, 0) is 37.6 Å². The minimum atomic E-state index is 0.313. The maximum Gasteiger partial charge on any atom is 0.0477 e. The van der Waals surface area contributed by atoms with Crippen LogP contribution in [0.3, 0.4) is 0 Å². The zero-order valence-corrected chi connectivity index (χ0v) is 11.5. The molecule has 0 heterocycles. The number of halogens is 1. The number of benzene rings is 1. The Morgan fingerprint density at radius 3 is 2.00 bits per heavy atom. The highest BCUT2D eigenvalue weighted by atomic mass is 35.5. The van der Waals surface area contributed by atoms with E-state index in [1.54, 1.807) is 0 Å². The number of rotatable bonds is 5. The van der Waals surface area contributed by atoms with Gasteiger partial charge >= 0.3 is 0 Å². The maximum absolute atomic E-state index is 5.99. The zero-order valence-electron chi connectivity index (χ0n) is 10.7. The van der Waals surface area contributed by atoms with Crippen LogP contribution in [0.5, 0.6) is 0 Å². The van der Waals surface area contributed by atoms with Crippen molar-refractivity contribution in [1.82, 2.24) is 4.90 Å². The van der Waals surface area contributed by atoms with E-state index in [9.17, 15) is 0 Å². The van der Waals surface area contributed by atoms with Gasteiger partial charge in [-0.1, -0.05) is 38.1 Å². The van der Waals surface area contributed by atoms with E-state index in [0.29, 0.717) is 17.8 Å². The predicted octanol–water partition coefficient (Wildman–Crippen LogP) is 4.04. The van der Waals surface area contributed by atoms with Crippen LogP contribution < -0.4 is 0 Å². The fourth-order valence-electron chi connectivity index (χ4n) is 1.81. The van der Waals surface area contributed by atoms with Gasteiger partial charge < -0.3 is 4.90 Å². The molecule has 1 nitrogen and oxygen atoms in total. The average molecular weight is 240 g/mol. The fourth-order valence-corrected chi connectivity index (χ4v) is 2.26. The topological polar surface area (TPSA) is 3.24 Å². The normalized spacial score (nSPS) is 15.1. The molecule has 0 fully saturated rings. The standard InChI is InChI=1S/C14H22ClN/c1-5-11(2)12-6-8-13(9-7-12)14(10-15)16(3)4/h6-9,11,14H,5,10H2,1-4H3. The summed E-state index contributed by atoms with van der Waals surface area (Å²) in [4.78, 5) is 2.16. The molecule has 0 N–H and O–H groups in total. The van der Waals surface area contributed by atoms with E-state index in [-0.39, 0.29) is 0 Å². The minimum Gasteiger partial charge on any atom is -0.301 e. The van der Waals surface area contributed by atoms with Crippen LogP contribution in [0, 0.1) is 0 Å². The van der Waals surface area contributed by atoms with Crippen LogP contribution >= 0.6 is 11.6 Å². The molecule has 0 radical (unpaired) electrons. The Morgan fingerprint density at radius 1 is 1.12 bits per heavy atom. The van der Waals surface area contributed by atoms with Gasteiger partial charge in [0.1, 0.15) is 0 Å². The van der Waals surface area contributed by atoms with Crippen molar-refractivity contribution in [3.05, 3.63) is 35.4 Å². The number of hydrogen-bond acceptors (Lipinski definition) is 1. The van der Waals surface area contributed by atoms with Crippen LogP contribution in [0.2, 0.25) is 0 Å². The molecule has 90 valence electrons. The van der Waals surface area contributed by atoms with E-state index >= 15 is 0 Å². The molecule has 0 aliphatic rings. The van der Waals surface area contributed by atoms with Crippen molar-refractivity contribution in [2.24, 2.45) is 0 Å². The molecule has 0 saturated carbocycles. The van der Waals surface area contributed by atoms with E-state index in [4.69, 9.17) is 11.6 Å². The van der Waals surface area contributed by atoms with Crippen molar-refractivity contribution in [3.8, 4) is 0 Å². The molecular formula is C14H22ClN. The Bertz CT molecular complexity index is 305. The predicted molar refractivity (Wildman–Crippen MR) is 72.3 cm³/mol. The van der Waals surface area contributed by atoms with Crippen molar-refractivity contribution in [2.75, 3.05) is 20.0 Å². The van der Waals surface area contributed by atoms with E-state index < -0.39 is 0 Å². The van der Waals surface area contributed by atoms with Gasteiger partial charge in [-0.15, -0.1) is 11.6 Å². The molecule has 0 amide bonds. The second-order valence-corrected chi connectivity index (χ2v) is 4.92. The lowest BCUT2D eigenvalue weighted by molar-refractivity contribution is 0.324. The third-order valence-corrected chi connectivity index (χ3v) is 3.56. The Morgan fingerprint density at radius 2 is 1.62 bits per heavy atom. The highest BCUT2D eigenvalue weighted by Crippen LogP contribution is 2.23. The summed E-state index contributed by atoms with van der Waals surface area (Å²) in [5, 5.41) is 0. The number of alkyl halides is 1. The van der Waals surface area contributed by atoms with Crippen molar-refractivity contribution in [2.45, 2.75) is 32.2 Å². The summed E-state index contributed by atoms with van der Waals surface area (Å²) in [7, 11) is 4.13. The molecule has 1 aromatic rings. The van der Waals surface area contributed by atoms with Gasteiger partial charge in [0.05, 0.1) is 0 Å². The van der Waals surface area contributed by atoms with Crippen molar-refractivity contribution < 1.29 is 0 Å². The molecular weight excluding hydrogens is 218 g/mol. The molecule has 16 heavy (non-hydrogen) atoms. The van der Waals surface area contributed by atoms with Crippen LogP contribution in [0.25, 0.3) is 0 Å². The monoisotopic (exact) mass is 239 g/mol. The van der Waals surface area contributed by atoms with Crippen LogP contribution in [0.1, 0.15) is 43.4 Å². The Kier molecular flexibility index (Phi) is 5.30. The summed E-state index contributed by atoms with van der Waals surface area (Å²) >= 11 is 5.99. The molecule has 0 bridgehead atoms. The van der Waals surface area contributed by atoms with Crippen LogP contribution in [0.4, 0.5) is 0 Å². The molecule has 2 atom stereocenters. The van der Waals surface area contributed by atoms with Gasteiger partial charge in [-0.25, -0.2) is 0 Å². The molecule has 0 saturated heterocycles. The Balaban J connectivity index is 2.85. The van der Waals surface area contributed by atoms with Gasteiger partial charge in [0.25, 0.3) is 0 Å². The van der Waals surface area contributed by atoms with Gasteiger partial charge in [-0.2, -0.15) is 0 Å². The summed E-state index contributed by atoms with van der Waals surface area (Å²) in [5.41, 5.74) is 2.71. The van der Waals surface area contributed by atoms with Crippen LogP contribution in [-0.2, 0) is 0 Å². The first kappa shape index (κ1) is 13.5. The van der Waals surface area contributed by atoms with Crippen molar-refractivity contribution in [3.63, 3.8) is 0 Å². The van der Waals surface area contributed by atoms with E-state index in [1.807, 2.05) is 0 Å². The third kappa shape index (κ3) is 3.23. The summed E-state index contributed by atoms with van der Waals surface area (Å²) in [6.45, 7) is 4.49.